The molecule has 3 nitrogen and oxygen atoms in total. The first-order chi connectivity index (χ1) is 8.86. The van der Waals surface area contributed by atoms with Gasteiger partial charge < -0.3 is 0 Å². The fourth-order valence-electron chi connectivity index (χ4n) is 1.93. The van der Waals surface area contributed by atoms with Crippen LogP contribution in [0.5, 0.6) is 0 Å². The van der Waals surface area contributed by atoms with Crippen LogP contribution in [-0.4, -0.2) is 11.8 Å². The van der Waals surface area contributed by atoms with E-state index >= 15 is 0 Å². The summed E-state index contributed by atoms with van der Waals surface area (Å²) in [6, 6.07) is 20.1. The van der Waals surface area contributed by atoms with E-state index in [4.69, 9.17) is 0 Å². The van der Waals surface area contributed by atoms with E-state index in [9.17, 15) is 0 Å². The second-order valence-corrected chi connectivity index (χ2v) is 4.46. The summed E-state index contributed by atoms with van der Waals surface area (Å²) < 4.78 is 0. The van der Waals surface area contributed by atoms with Crippen molar-refractivity contribution in [3.63, 3.8) is 0 Å². The molecule has 0 saturated heterocycles. The fourth-order valence-corrected chi connectivity index (χ4v) is 2.32. The van der Waals surface area contributed by atoms with Gasteiger partial charge in [0.15, 0.2) is 5.50 Å². The summed E-state index contributed by atoms with van der Waals surface area (Å²) in [7, 11) is 0. The first kappa shape index (κ1) is 11.2. The number of benzene rings is 2. The van der Waals surface area contributed by atoms with Gasteiger partial charge in [0, 0.05) is 5.69 Å². The van der Waals surface area contributed by atoms with Gasteiger partial charge >= 0.3 is 0 Å². The van der Waals surface area contributed by atoms with Gasteiger partial charge in [0.2, 0.25) is 0 Å². The first-order valence-corrected chi connectivity index (χ1v) is 6.28. The van der Waals surface area contributed by atoms with Crippen molar-refractivity contribution in [3.05, 3.63) is 60.7 Å². The Balaban J connectivity index is 1.86. The highest BCUT2D eigenvalue weighted by molar-refractivity contribution is 7.81. The quantitative estimate of drug-likeness (QED) is 0.831. The lowest BCUT2D eigenvalue weighted by molar-refractivity contribution is 0.864. The van der Waals surface area contributed by atoms with Gasteiger partial charge in [-0.15, -0.1) is 12.6 Å². The van der Waals surface area contributed by atoms with Crippen molar-refractivity contribution < 1.29 is 0 Å². The first-order valence-electron chi connectivity index (χ1n) is 5.76. The molecule has 2 aromatic rings. The molecule has 0 N–H and O–H groups in total. The molecule has 4 heteroatoms. The molecule has 0 spiro atoms. The zero-order valence-corrected chi connectivity index (χ0v) is 10.6. The van der Waals surface area contributed by atoms with Crippen molar-refractivity contribution in [1.82, 2.24) is 0 Å². The summed E-state index contributed by atoms with van der Waals surface area (Å²) in [5.41, 5.74) is 2.00. The van der Waals surface area contributed by atoms with Crippen LogP contribution in [0, 0.1) is 0 Å². The zero-order valence-electron chi connectivity index (χ0n) is 9.72. The Labute approximate surface area is 112 Å². The van der Waals surface area contributed by atoms with Crippen LogP contribution < -0.4 is 9.91 Å². The van der Waals surface area contributed by atoms with Crippen molar-refractivity contribution >= 4 is 30.3 Å². The molecule has 90 valence electrons. The summed E-state index contributed by atoms with van der Waals surface area (Å²) >= 11 is 4.63. The van der Waals surface area contributed by atoms with Gasteiger partial charge in [0.1, 0.15) is 6.34 Å². The lowest BCUT2D eigenvalue weighted by Gasteiger charge is -2.26. The second kappa shape index (κ2) is 4.74. The Hall–Kier alpha value is -1.94. The van der Waals surface area contributed by atoms with Crippen LogP contribution in [0.15, 0.2) is 65.8 Å². The number of hydrazone groups is 1. The Morgan fingerprint density at radius 2 is 1.39 bits per heavy atom. The Kier molecular flexibility index (Phi) is 2.94. The largest absolute Gasteiger partial charge is 0.299 e. The molecule has 3 rings (SSSR count). The van der Waals surface area contributed by atoms with Crippen molar-refractivity contribution in [2.75, 3.05) is 9.91 Å². The number of hydrogen-bond acceptors (Lipinski definition) is 4. The molecule has 1 atom stereocenters. The number of nitrogens with zero attached hydrogens (tertiary/aromatic N) is 3. The molecule has 0 amide bonds. The summed E-state index contributed by atoms with van der Waals surface area (Å²) in [6.45, 7) is 0. The number of anilines is 2. The molecular weight excluding hydrogens is 242 g/mol. The summed E-state index contributed by atoms with van der Waals surface area (Å²) in [4.78, 5) is 2.02. The van der Waals surface area contributed by atoms with Crippen molar-refractivity contribution in [2.24, 2.45) is 5.10 Å². The average Bonchev–Trinajstić information content (AvgIpc) is 2.83. The maximum Gasteiger partial charge on any atom is 0.173 e. The molecule has 0 aliphatic carbocycles. The lowest BCUT2D eigenvalue weighted by Crippen LogP contribution is -2.35. The van der Waals surface area contributed by atoms with Gasteiger partial charge in [-0.1, -0.05) is 36.4 Å². The molecule has 2 aromatic carbocycles. The van der Waals surface area contributed by atoms with E-state index < -0.39 is 0 Å². The summed E-state index contributed by atoms with van der Waals surface area (Å²) in [6.07, 6.45) is 1.81. The van der Waals surface area contributed by atoms with Crippen molar-refractivity contribution in [3.8, 4) is 0 Å². The number of rotatable bonds is 2. The minimum Gasteiger partial charge on any atom is -0.299 e. The van der Waals surface area contributed by atoms with Crippen LogP contribution in [0.4, 0.5) is 11.4 Å². The van der Waals surface area contributed by atoms with Gasteiger partial charge in [0.05, 0.1) is 5.69 Å². The predicted octanol–water partition coefficient (Wildman–Crippen LogP) is 3.17. The Morgan fingerprint density at radius 1 is 0.833 bits per heavy atom. The maximum absolute atomic E-state index is 4.63. The molecule has 0 aromatic heterocycles. The van der Waals surface area contributed by atoms with Crippen LogP contribution >= 0.6 is 12.6 Å². The monoisotopic (exact) mass is 255 g/mol. The van der Waals surface area contributed by atoms with E-state index in [2.05, 4.69) is 17.7 Å². The number of hydrogen-bond donors (Lipinski definition) is 1. The zero-order chi connectivity index (χ0) is 12.4. The predicted molar refractivity (Wildman–Crippen MR) is 79.1 cm³/mol. The van der Waals surface area contributed by atoms with Crippen LogP contribution in [0.25, 0.3) is 0 Å². The molecule has 1 heterocycles. The van der Waals surface area contributed by atoms with Gasteiger partial charge in [-0.3, -0.25) is 4.90 Å². The van der Waals surface area contributed by atoms with Crippen LogP contribution in [0.3, 0.4) is 0 Å². The maximum atomic E-state index is 4.63. The fraction of sp³-hybridized carbons (Fsp3) is 0.0714. The van der Waals surface area contributed by atoms with Gasteiger partial charge in [-0.25, -0.2) is 5.01 Å². The average molecular weight is 255 g/mol. The Bertz CT molecular complexity index is 492. The van der Waals surface area contributed by atoms with Crippen LogP contribution in [0.2, 0.25) is 0 Å². The van der Waals surface area contributed by atoms with E-state index in [1.165, 1.54) is 0 Å². The number of thiol groups is 1. The highest BCUT2D eigenvalue weighted by Crippen LogP contribution is 2.28. The minimum atomic E-state index is -0.116. The molecule has 1 aliphatic heterocycles. The number of para-hydroxylation sites is 2. The molecule has 1 aliphatic rings. The van der Waals surface area contributed by atoms with Gasteiger partial charge in [-0.2, -0.15) is 5.10 Å². The molecule has 0 bridgehead atoms. The third-order valence-corrected chi connectivity index (χ3v) is 3.31. The minimum absolute atomic E-state index is 0.116. The van der Waals surface area contributed by atoms with Gasteiger partial charge in [0.25, 0.3) is 0 Å². The van der Waals surface area contributed by atoms with Crippen molar-refractivity contribution in [2.45, 2.75) is 5.50 Å². The molecule has 18 heavy (non-hydrogen) atoms. The molecule has 0 fully saturated rings. The molecule has 0 saturated carbocycles. The summed E-state index contributed by atoms with van der Waals surface area (Å²) in [5, 5.41) is 6.29. The standard InChI is InChI=1S/C14H13N3S/c18-14-16(12-7-3-1-4-8-12)11-15-17(14)13-9-5-2-6-10-13/h1-11,14,18H. The van der Waals surface area contributed by atoms with E-state index in [1.54, 1.807) is 6.34 Å². The molecule has 0 radical (unpaired) electrons. The van der Waals surface area contributed by atoms with E-state index in [0.717, 1.165) is 11.4 Å². The SMILES string of the molecule is SC1N(c2ccccc2)C=NN1c1ccccc1. The highest BCUT2D eigenvalue weighted by Gasteiger charge is 2.26. The van der Waals surface area contributed by atoms with Crippen molar-refractivity contribution in [1.29, 1.82) is 0 Å². The summed E-state index contributed by atoms with van der Waals surface area (Å²) in [5.74, 6) is 0. The van der Waals surface area contributed by atoms with E-state index in [-0.39, 0.29) is 5.50 Å². The van der Waals surface area contributed by atoms with Crippen LogP contribution in [0.1, 0.15) is 0 Å². The third kappa shape index (κ3) is 1.95. The normalized spacial score (nSPS) is 18.4. The smallest absolute Gasteiger partial charge is 0.173 e. The Morgan fingerprint density at radius 3 is 2.00 bits per heavy atom. The van der Waals surface area contributed by atoms with E-state index in [1.807, 2.05) is 70.6 Å². The molecule has 1 unspecified atom stereocenters. The van der Waals surface area contributed by atoms with Crippen LogP contribution in [-0.2, 0) is 0 Å². The lowest BCUT2D eigenvalue weighted by atomic mass is 10.3. The third-order valence-electron chi connectivity index (χ3n) is 2.84. The highest BCUT2D eigenvalue weighted by atomic mass is 32.1. The van der Waals surface area contributed by atoms with Gasteiger partial charge in [-0.05, 0) is 24.3 Å². The van der Waals surface area contributed by atoms with E-state index in [0.29, 0.717) is 0 Å². The second-order valence-electron chi connectivity index (χ2n) is 4.00. The molecular formula is C14H13N3S. The topological polar surface area (TPSA) is 18.8 Å².